The number of nitrogens with one attached hydrogen (secondary N) is 1. The van der Waals surface area contributed by atoms with Crippen LogP contribution in [0.5, 0.6) is 0 Å². The molecule has 0 atom stereocenters. The van der Waals surface area contributed by atoms with E-state index in [2.05, 4.69) is 15.3 Å². The summed E-state index contributed by atoms with van der Waals surface area (Å²) in [5.41, 5.74) is 1.77. The van der Waals surface area contributed by atoms with E-state index in [1.54, 1.807) is 18.5 Å². The molecule has 1 aliphatic heterocycles. The standard InChI is InChI=1S/C18H20N4O2/c23-17(21-11-14-5-4-6-19-10-14)15-9-16(13-20-12-15)18(24)22-7-2-1-3-8-22/h4-6,9-10,12-13H,1-3,7-8,11H2,(H,21,23). The molecule has 0 unspecified atom stereocenters. The Kier molecular flexibility index (Phi) is 5.15. The number of piperidine rings is 1. The molecule has 3 heterocycles. The number of hydrogen-bond donors (Lipinski definition) is 1. The zero-order chi connectivity index (χ0) is 16.8. The highest BCUT2D eigenvalue weighted by Crippen LogP contribution is 2.13. The number of carbonyl (C=O) groups excluding carboxylic acids is 2. The van der Waals surface area contributed by atoms with Crippen molar-refractivity contribution in [3.63, 3.8) is 0 Å². The summed E-state index contributed by atoms with van der Waals surface area (Å²) < 4.78 is 0. The number of rotatable bonds is 4. The number of likely N-dealkylation sites (tertiary alicyclic amines) is 1. The van der Waals surface area contributed by atoms with Gasteiger partial charge in [0.25, 0.3) is 11.8 Å². The van der Waals surface area contributed by atoms with Crippen LogP contribution in [0.2, 0.25) is 0 Å². The van der Waals surface area contributed by atoms with E-state index in [0.717, 1.165) is 31.5 Å². The third-order valence-corrected chi connectivity index (χ3v) is 4.07. The SMILES string of the molecule is O=C(NCc1cccnc1)c1cncc(C(=O)N2CCCCC2)c1. The van der Waals surface area contributed by atoms with Crippen molar-refractivity contribution >= 4 is 11.8 Å². The predicted octanol–water partition coefficient (Wildman–Crippen LogP) is 2.03. The van der Waals surface area contributed by atoms with Gasteiger partial charge in [-0.05, 0) is 37.0 Å². The summed E-state index contributed by atoms with van der Waals surface area (Å²) in [4.78, 5) is 34.7. The molecule has 0 aliphatic carbocycles. The molecule has 6 heteroatoms. The van der Waals surface area contributed by atoms with Crippen LogP contribution in [0.1, 0.15) is 45.5 Å². The zero-order valence-corrected chi connectivity index (χ0v) is 13.4. The maximum absolute atomic E-state index is 12.5. The molecule has 1 aliphatic rings. The van der Waals surface area contributed by atoms with Gasteiger partial charge in [-0.3, -0.25) is 19.6 Å². The molecule has 2 aromatic rings. The van der Waals surface area contributed by atoms with Crippen LogP contribution >= 0.6 is 0 Å². The number of amides is 2. The maximum Gasteiger partial charge on any atom is 0.255 e. The van der Waals surface area contributed by atoms with Gasteiger partial charge in [0.15, 0.2) is 0 Å². The molecule has 124 valence electrons. The Balaban J connectivity index is 1.65. The smallest absolute Gasteiger partial charge is 0.255 e. The molecule has 1 saturated heterocycles. The van der Waals surface area contributed by atoms with E-state index in [9.17, 15) is 9.59 Å². The monoisotopic (exact) mass is 324 g/mol. The summed E-state index contributed by atoms with van der Waals surface area (Å²) >= 11 is 0. The van der Waals surface area contributed by atoms with E-state index in [1.165, 1.54) is 18.8 Å². The average molecular weight is 324 g/mol. The summed E-state index contributed by atoms with van der Waals surface area (Å²) in [5, 5.41) is 2.82. The summed E-state index contributed by atoms with van der Waals surface area (Å²) in [6.07, 6.45) is 9.62. The quantitative estimate of drug-likeness (QED) is 0.934. The first-order chi connectivity index (χ1) is 11.7. The first-order valence-electron chi connectivity index (χ1n) is 8.15. The molecule has 0 bridgehead atoms. The van der Waals surface area contributed by atoms with Crippen molar-refractivity contribution in [1.82, 2.24) is 20.2 Å². The van der Waals surface area contributed by atoms with E-state index >= 15 is 0 Å². The fraction of sp³-hybridized carbons (Fsp3) is 0.333. The van der Waals surface area contributed by atoms with Crippen LogP contribution in [0.15, 0.2) is 43.0 Å². The van der Waals surface area contributed by atoms with Crippen molar-refractivity contribution in [2.45, 2.75) is 25.8 Å². The van der Waals surface area contributed by atoms with Crippen molar-refractivity contribution in [3.05, 3.63) is 59.7 Å². The van der Waals surface area contributed by atoms with Crippen LogP contribution in [0.3, 0.4) is 0 Å². The third-order valence-electron chi connectivity index (χ3n) is 4.07. The Morgan fingerprint density at radius 2 is 1.83 bits per heavy atom. The minimum absolute atomic E-state index is 0.0518. The van der Waals surface area contributed by atoms with E-state index < -0.39 is 0 Å². The zero-order valence-electron chi connectivity index (χ0n) is 13.4. The van der Waals surface area contributed by atoms with Crippen molar-refractivity contribution < 1.29 is 9.59 Å². The van der Waals surface area contributed by atoms with Gasteiger partial charge in [0.05, 0.1) is 11.1 Å². The van der Waals surface area contributed by atoms with Crippen molar-refractivity contribution in [1.29, 1.82) is 0 Å². The first kappa shape index (κ1) is 16.1. The summed E-state index contributed by atoms with van der Waals surface area (Å²) in [7, 11) is 0. The lowest BCUT2D eigenvalue weighted by molar-refractivity contribution is 0.0724. The van der Waals surface area contributed by atoms with E-state index in [-0.39, 0.29) is 11.8 Å². The molecule has 1 N–H and O–H groups in total. The number of carbonyl (C=O) groups is 2. The molecule has 2 aromatic heterocycles. The molecule has 0 spiro atoms. The fourth-order valence-electron chi connectivity index (χ4n) is 2.75. The lowest BCUT2D eigenvalue weighted by Crippen LogP contribution is -2.35. The lowest BCUT2D eigenvalue weighted by atomic mass is 10.1. The molecule has 0 saturated carbocycles. The van der Waals surface area contributed by atoms with E-state index in [1.807, 2.05) is 17.0 Å². The molecule has 3 rings (SSSR count). The topological polar surface area (TPSA) is 75.2 Å². The van der Waals surface area contributed by atoms with Gasteiger partial charge in [0.2, 0.25) is 0 Å². The summed E-state index contributed by atoms with van der Waals surface area (Å²) in [6, 6.07) is 5.32. The Labute approximate surface area is 140 Å². The third kappa shape index (κ3) is 3.95. The molecular weight excluding hydrogens is 304 g/mol. The van der Waals surface area contributed by atoms with Gasteiger partial charge in [-0.2, -0.15) is 0 Å². The largest absolute Gasteiger partial charge is 0.348 e. The van der Waals surface area contributed by atoms with Gasteiger partial charge in [-0.1, -0.05) is 6.07 Å². The van der Waals surface area contributed by atoms with Gasteiger partial charge < -0.3 is 10.2 Å². The van der Waals surface area contributed by atoms with Crippen LogP contribution in [-0.2, 0) is 6.54 Å². The van der Waals surface area contributed by atoms with Crippen molar-refractivity contribution in [2.24, 2.45) is 0 Å². The van der Waals surface area contributed by atoms with Crippen molar-refractivity contribution in [2.75, 3.05) is 13.1 Å². The highest BCUT2D eigenvalue weighted by molar-refractivity contribution is 5.99. The van der Waals surface area contributed by atoms with Gasteiger partial charge in [-0.15, -0.1) is 0 Å². The van der Waals surface area contributed by atoms with Gasteiger partial charge >= 0.3 is 0 Å². The molecule has 0 radical (unpaired) electrons. The molecule has 1 fully saturated rings. The first-order valence-corrected chi connectivity index (χ1v) is 8.15. The number of nitrogens with zero attached hydrogens (tertiary/aromatic N) is 3. The fourth-order valence-corrected chi connectivity index (χ4v) is 2.75. The number of hydrogen-bond acceptors (Lipinski definition) is 4. The van der Waals surface area contributed by atoms with Crippen molar-refractivity contribution in [3.8, 4) is 0 Å². The van der Waals surface area contributed by atoms with Crippen LogP contribution in [0.25, 0.3) is 0 Å². The normalized spacial score (nSPS) is 14.2. The minimum Gasteiger partial charge on any atom is -0.348 e. The summed E-state index contributed by atoms with van der Waals surface area (Å²) in [5.74, 6) is -0.302. The van der Waals surface area contributed by atoms with Crippen LogP contribution < -0.4 is 5.32 Å². The van der Waals surface area contributed by atoms with Gasteiger partial charge in [0, 0.05) is 44.4 Å². The lowest BCUT2D eigenvalue weighted by Gasteiger charge is -2.26. The number of aromatic nitrogens is 2. The summed E-state index contributed by atoms with van der Waals surface area (Å²) in [6.45, 7) is 1.93. The predicted molar refractivity (Wildman–Crippen MR) is 89.4 cm³/mol. The Hall–Kier alpha value is -2.76. The van der Waals surface area contributed by atoms with Crippen LogP contribution in [0.4, 0.5) is 0 Å². The molecule has 0 aromatic carbocycles. The molecular formula is C18H20N4O2. The minimum atomic E-state index is -0.250. The van der Waals surface area contributed by atoms with Gasteiger partial charge in [-0.25, -0.2) is 0 Å². The molecule has 2 amide bonds. The maximum atomic E-state index is 12.5. The van der Waals surface area contributed by atoms with Gasteiger partial charge in [0.1, 0.15) is 0 Å². The van der Waals surface area contributed by atoms with Crippen LogP contribution in [-0.4, -0.2) is 39.8 Å². The number of pyridine rings is 2. The van der Waals surface area contributed by atoms with Crippen LogP contribution in [0, 0.1) is 0 Å². The Morgan fingerprint density at radius 3 is 2.58 bits per heavy atom. The Bertz CT molecular complexity index is 712. The Morgan fingerprint density at radius 1 is 1.04 bits per heavy atom. The second-order valence-electron chi connectivity index (χ2n) is 5.86. The average Bonchev–Trinajstić information content (AvgIpc) is 2.67. The molecule has 6 nitrogen and oxygen atoms in total. The highest BCUT2D eigenvalue weighted by atomic mass is 16.2. The highest BCUT2D eigenvalue weighted by Gasteiger charge is 2.19. The van der Waals surface area contributed by atoms with E-state index in [0.29, 0.717) is 17.7 Å². The second-order valence-corrected chi connectivity index (χ2v) is 5.86. The van der Waals surface area contributed by atoms with E-state index in [4.69, 9.17) is 0 Å². The second kappa shape index (κ2) is 7.68. The molecule has 24 heavy (non-hydrogen) atoms.